The van der Waals surface area contributed by atoms with Gasteiger partial charge in [-0.05, 0) is 12.5 Å². The van der Waals surface area contributed by atoms with Crippen LogP contribution in [0.4, 0.5) is 0 Å². The normalized spacial score (nSPS) is 14.7. The molecule has 15 heavy (non-hydrogen) atoms. The van der Waals surface area contributed by atoms with Crippen molar-refractivity contribution in [3.8, 4) is 5.75 Å². The number of aliphatic hydroxyl groups is 1. The van der Waals surface area contributed by atoms with E-state index in [9.17, 15) is 5.11 Å². The topological polar surface area (TPSA) is 55.5 Å². The van der Waals surface area contributed by atoms with Gasteiger partial charge in [0.15, 0.2) is 0 Å². The molecule has 1 unspecified atom stereocenters. The Kier molecular flexibility index (Phi) is 3.72. The third-order valence-electron chi connectivity index (χ3n) is 2.87. The van der Waals surface area contributed by atoms with Gasteiger partial charge in [0.05, 0.1) is 13.7 Å². The van der Waals surface area contributed by atoms with Gasteiger partial charge in [0.1, 0.15) is 5.75 Å². The maximum Gasteiger partial charge on any atom is 0.125 e. The fourth-order valence-corrected chi connectivity index (χ4v) is 1.66. The molecule has 0 spiro atoms. The van der Waals surface area contributed by atoms with Crippen LogP contribution in [0.1, 0.15) is 18.1 Å². The first-order chi connectivity index (χ1) is 7.09. The zero-order valence-electron chi connectivity index (χ0n) is 9.58. The van der Waals surface area contributed by atoms with Crippen LogP contribution in [0.15, 0.2) is 18.2 Å². The van der Waals surface area contributed by atoms with E-state index in [0.717, 1.165) is 16.9 Å². The summed E-state index contributed by atoms with van der Waals surface area (Å²) in [5.41, 5.74) is 7.30. The number of aryl methyl sites for hydroxylation is 1. The van der Waals surface area contributed by atoms with Crippen molar-refractivity contribution in [2.45, 2.75) is 19.3 Å². The number of methoxy groups -OCH3 is 1. The molecule has 84 valence electrons. The Balaban J connectivity index is 3.29. The number of hydrogen-bond donors (Lipinski definition) is 2. The predicted molar refractivity (Wildman–Crippen MR) is 61.2 cm³/mol. The molecule has 0 radical (unpaired) electrons. The fourth-order valence-electron chi connectivity index (χ4n) is 1.66. The second-order valence-electron chi connectivity index (χ2n) is 4.08. The number of rotatable bonds is 4. The summed E-state index contributed by atoms with van der Waals surface area (Å²) in [7, 11) is 1.64. The van der Waals surface area contributed by atoms with Crippen molar-refractivity contribution in [2.24, 2.45) is 5.73 Å². The summed E-state index contributed by atoms with van der Waals surface area (Å²) in [6.07, 6.45) is 0. The van der Waals surface area contributed by atoms with Crippen molar-refractivity contribution in [2.75, 3.05) is 20.3 Å². The molecule has 0 heterocycles. The Morgan fingerprint density at radius 3 is 2.60 bits per heavy atom. The quantitative estimate of drug-likeness (QED) is 0.783. The van der Waals surface area contributed by atoms with Crippen LogP contribution in [0.5, 0.6) is 5.75 Å². The predicted octanol–water partition coefficient (Wildman–Crippen LogP) is 1.21. The minimum Gasteiger partial charge on any atom is -0.496 e. The Morgan fingerprint density at radius 1 is 1.47 bits per heavy atom. The van der Waals surface area contributed by atoms with Crippen LogP contribution >= 0.6 is 0 Å². The molecule has 3 nitrogen and oxygen atoms in total. The average Bonchev–Trinajstić information content (AvgIpc) is 2.27. The monoisotopic (exact) mass is 209 g/mol. The molecule has 3 heteroatoms. The third-order valence-corrected chi connectivity index (χ3v) is 2.87. The van der Waals surface area contributed by atoms with Gasteiger partial charge in [-0.3, -0.25) is 0 Å². The van der Waals surface area contributed by atoms with Crippen LogP contribution in [0, 0.1) is 6.92 Å². The lowest BCUT2D eigenvalue weighted by Crippen LogP contribution is -2.36. The first kappa shape index (κ1) is 12.0. The van der Waals surface area contributed by atoms with Crippen molar-refractivity contribution in [1.29, 1.82) is 0 Å². The first-order valence-corrected chi connectivity index (χ1v) is 5.04. The van der Waals surface area contributed by atoms with E-state index in [4.69, 9.17) is 10.5 Å². The maximum absolute atomic E-state index is 9.41. The Morgan fingerprint density at radius 2 is 2.13 bits per heavy atom. The summed E-state index contributed by atoms with van der Waals surface area (Å²) < 4.78 is 5.36. The Hall–Kier alpha value is -1.06. The number of aliphatic hydroxyl groups excluding tert-OH is 1. The van der Waals surface area contributed by atoms with Crippen molar-refractivity contribution in [3.05, 3.63) is 29.3 Å². The highest BCUT2D eigenvalue weighted by atomic mass is 16.5. The van der Waals surface area contributed by atoms with Gasteiger partial charge in [-0.1, -0.05) is 25.1 Å². The van der Waals surface area contributed by atoms with Crippen molar-refractivity contribution >= 4 is 0 Å². The van der Waals surface area contributed by atoms with Gasteiger partial charge in [-0.25, -0.2) is 0 Å². The zero-order valence-corrected chi connectivity index (χ0v) is 9.58. The van der Waals surface area contributed by atoms with E-state index >= 15 is 0 Å². The molecule has 0 fully saturated rings. The number of para-hydroxylation sites is 1. The molecule has 3 N–H and O–H groups in total. The standard InChI is InChI=1S/C12H19NO2/c1-9-5-4-6-10(11(9)15-3)12(2,7-13)8-14/h4-6,14H,7-8,13H2,1-3H3. The van der Waals surface area contributed by atoms with Crippen LogP contribution in [0.3, 0.4) is 0 Å². The van der Waals surface area contributed by atoms with Crippen molar-refractivity contribution < 1.29 is 9.84 Å². The summed E-state index contributed by atoms with van der Waals surface area (Å²) >= 11 is 0. The molecule has 0 saturated heterocycles. The summed E-state index contributed by atoms with van der Waals surface area (Å²) in [5.74, 6) is 0.819. The molecular formula is C12H19NO2. The summed E-state index contributed by atoms with van der Waals surface area (Å²) in [4.78, 5) is 0. The highest BCUT2D eigenvalue weighted by Crippen LogP contribution is 2.33. The molecular weight excluding hydrogens is 190 g/mol. The van der Waals surface area contributed by atoms with E-state index < -0.39 is 5.41 Å². The van der Waals surface area contributed by atoms with Crippen LogP contribution in [-0.4, -0.2) is 25.4 Å². The SMILES string of the molecule is COc1c(C)cccc1C(C)(CN)CO. The first-order valence-electron chi connectivity index (χ1n) is 5.04. The van der Waals surface area contributed by atoms with Gasteiger partial charge >= 0.3 is 0 Å². The highest BCUT2D eigenvalue weighted by molar-refractivity contribution is 5.45. The van der Waals surface area contributed by atoms with Crippen LogP contribution in [0.2, 0.25) is 0 Å². The van der Waals surface area contributed by atoms with Gasteiger partial charge in [-0.2, -0.15) is 0 Å². The smallest absolute Gasteiger partial charge is 0.125 e. The van der Waals surface area contributed by atoms with Gasteiger partial charge < -0.3 is 15.6 Å². The van der Waals surface area contributed by atoms with Gasteiger partial charge in [-0.15, -0.1) is 0 Å². The van der Waals surface area contributed by atoms with Gasteiger partial charge in [0, 0.05) is 17.5 Å². The molecule has 0 aromatic heterocycles. The van der Waals surface area contributed by atoms with E-state index in [1.807, 2.05) is 32.0 Å². The minimum absolute atomic E-state index is 0.0172. The van der Waals surface area contributed by atoms with E-state index in [1.165, 1.54) is 0 Å². The largest absolute Gasteiger partial charge is 0.496 e. The zero-order chi connectivity index (χ0) is 11.5. The van der Waals surface area contributed by atoms with Crippen LogP contribution < -0.4 is 10.5 Å². The third kappa shape index (κ3) is 2.13. The Bertz CT molecular complexity index is 332. The molecule has 0 aliphatic heterocycles. The van der Waals surface area contributed by atoms with Crippen LogP contribution in [-0.2, 0) is 5.41 Å². The van der Waals surface area contributed by atoms with E-state index in [0.29, 0.717) is 6.54 Å². The summed E-state index contributed by atoms with van der Waals surface area (Å²) in [6, 6.07) is 5.89. The van der Waals surface area contributed by atoms with Gasteiger partial charge in [0.2, 0.25) is 0 Å². The number of ether oxygens (including phenoxy) is 1. The maximum atomic E-state index is 9.41. The lowest BCUT2D eigenvalue weighted by Gasteiger charge is -2.28. The minimum atomic E-state index is -0.433. The van der Waals surface area contributed by atoms with Crippen LogP contribution in [0.25, 0.3) is 0 Å². The molecule has 1 atom stereocenters. The lowest BCUT2D eigenvalue weighted by molar-refractivity contribution is 0.206. The molecule has 0 saturated carbocycles. The molecule has 1 aromatic carbocycles. The molecule has 0 bridgehead atoms. The number of benzene rings is 1. The lowest BCUT2D eigenvalue weighted by atomic mass is 9.82. The summed E-state index contributed by atoms with van der Waals surface area (Å²) in [5, 5.41) is 9.41. The molecule has 1 aromatic rings. The molecule has 1 rings (SSSR count). The molecule has 0 aliphatic carbocycles. The fraction of sp³-hybridized carbons (Fsp3) is 0.500. The van der Waals surface area contributed by atoms with E-state index in [2.05, 4.69) is 0 Å². The van der Waals surface area contributed by atoms with E-state index in [-0.39, 0.29) is 6.61 Å². The van der Waals surface area contributed by atoms with Crippen molar-refractivity contribution in [3.63, 3.8) is 0 Å². The second-order valence-corrected chi connectivity index (χ2v) is 4.08. The van der Waals surface area contributed by atoms with Gasteiger partial charge in [0.25, 0.3) is 0 Å². The second kappa shape index (κ2) is 4.64. The Labute approximate surface area is 90.9 Å². The molecule has 0 amide bonds. The molecule has 0 aliphatic rings. The average molecular weight is 209 g/mol. The van der Waals surface area contributed by atoms with Crippen molar-refractivity contribution in [1.82, 2.24) is 0 Å². The van der Waals surface area contributed by atoms with E-state index in [1.54, 1.807) is 7.11 Å². The number of hydrogen-bond acceptors (Lipinski definition) is 3. The number of nitrogens with two attached hydrogens (primary N) is 1. The summed E-state index contributed by atoms with van der Waals surface area (Å²) in [6.45, 7) is 4.33. The highest BCUT2D eigenvalue weighted by Gasteiger charge is 2.28.